The number of ether oxygens (including phenoxy) is 2. The molecule has 0 unspecified atom stereocenters. The van der Waals surface area contributed by atoms with Crippen molar-refractivity contribution in [2.75, 3.05) is 36.9 Å². The van der Waals surface area contributed by atoms with Gasteiger partial charge in [-0.25, -0.2) is 8.42 Å². The van der Waals surface area contributed by atoms with Crippen LogP contribution in [-0.4, -0.2) is 51.0 Å². The van der Waals surface area contributed by atoms with E-state index in [9.17, 15) is 13.2 Å². The van der Waals surface area contributed by atoms with Crippen LogP contribution in [0.5, 0.6) is 11.5 Å². The van der Waals surface area contributed by atoms with E-state index in [4.69, 9.17) is 21.1 Å². The Balaban J connectivity index is 1.45. The molecule has 10 heteroatoms. The predicted octanol–water partition coefficient (Wildman–Crippen LogP) is 4.12. The van der Waals surface area contributed by atoms with Crippen molar-refractivity contribution >= 4 is 38.9 Å². The fourth-order valence-electron chi connectivity index (χ4n) is 3.82. The van der Waals surface area contributed by atoms with Crippen LogP contribution in [0.4, 0.5) is 11.4 Å². The van der Waals surface area contributed by atoms with Gasteiger partial charge >= 0.3 is 0 Å². The monoisotopic (exact) mass is 493 g/mol. The summed E-state index contributed by atoms with van der Waals surface area (Å²) >= 11 is 6.26. The van der Waals surface area contributed by atoms with Crippen LogP contribution in [0.2, 0.25) is 5.02 Å². The minimum Gasteiger partial charge on any atom is -0.490 e. The molecular formula is C23H28ClN3O5S. The van der Waals surface area contributed by atoms with Crippen molar-refractivity contribution in [3.05, 3.63) is 41.4 Å². The Labute approximate surface area is 199 Å². The second-order valence-electron chi connectivity index (χ2n) is 8.17. The lowest BCUT2D eigenvalue weighted by Gasteiger charge is -2.26. The topological polar surface area (TPSA) is 97.0 Å². The number of halogens is 1. The van der Waals surface area contributed by atoms with Gasteiger partial charge in [0.25, 0.3) is 0 Å². The molecular weight excluding hydrogens is 466 g/mol. The molecule has 0 bridgehead atoms. The number of anilines is 2. The fourth-order valence-corrected chi connectivity index (χ4v) is 5.53. The minimum absolute atomic E-state index is 0.118. The van der Waals surface area contributed by atoms with Crippen LogP contribution in [0, 0.1) is 0 Å². The Morgan fingerprint density at radius 2 is 1.73 bits per heavy atom. The second kappa shape index (κ2) is 10.2. The largest absolute Gasteiger partial charge is 0.490 e. The Bertz CT molecular complexity index is 1120. The lowest BCUT2D eigenvalue weighted by molar-refractivity contribution is -0.116. The van der Waals surface area contributed by atoms with Gasteiger partial charge < -0.3 is 20.1 Å². The van der Waals surface area contributed by atoms with Crippen LogP contribution in [-0.2, 0) is 14.8 Å². The first-order valence-corrected chi connectivity index (χ1v) is 12.9. The molecule has 2 aromatic rings. The number of nitrogens with zero attached hydrogens (tertiary/aromatic N) is 1. The molecule has 0 saturated carbocycles. The smallest absolute Gasteiger partial charge is 0.246 e. The third kappa shape index (κ3) is 5.54. The van der Waals surface area contributed by atoms with Crippen molar-refractivity contribution < 1.29 is 22.7 Å². The molecule has 1 saturated heterocycles. The van der Waals surface area contributed by atoms with Gasteiger partial charge in [-0.1, -0.05) is 18.0 Å². The molecule has 0 aromatic heterocycles. The number of sulfonamides is 1. The maximum atomic E-state index is 13.0. The normalized spacial score (nSPS) is 17.6. The number of benzene rings is 2. The summed E-state index contributed by atoms with van der Waals surface area (Å²) in [6, 6.07) is 9.19. The highest BCUT2D eigenvalue weighted by molar-refractivity contribution is 7.89. The molecule has 178 valence electrons. The first kappa shape index (κ1) is 23.7. The Kier molecular flexibility index (Phi) is 7.31. The van der Waals surface area contributed by atoms with Gasteiger partial charge in [0.05, 0.1) is 28.8 Å². The van der Waals surface area contributed by atoms with Crippen molar-refractivity contribution in [1.29, 1.82) is 0 Å². The average molecular weight is 494 g/mol. The van der Waals surface area contributed by atoms with E-state index in [1.165, 1.54) is 22.5 Å². The van der Waals surface area contributed by atoms with E-state index in [-0.39, 0.29) is 21.5 Å². The third-order valence-electron chi connectivity index (χ3n) is 5.67. The number of amides is 1. The number of nitrogens with one attached hydrogen (secondary N) is 2. The van der Waals surface area contributed by atoms with Crippen LogP contribution in [0.3, 0.4) is 0 Å². The van der Waals surface area contributed by atoms with E-state index < -0.39 is 16.1 Å². The molecule has 0 aliphatic carbocycles. The van der Waals surface area contributed by atoms with Crippen molar-refractivity contribution in [1.82, 2.24) is 4.31 Å². The molecule has 4 rings (SSSR count). The van der Waals surface area contributed by atoms with Crippen molar-refractivity contribution in [3.8, 4) is 11.5 Å². The van der Waals surface area contributed by atoms with Crippen LogP contribution < -0.4 is 20.1 Å². The van der Waals surface area contributed by atoms with Gasteiger partial charge in [0, 0.05) is 31.3 Å². The number of hydrogen-bond donors (Lipinski definition) is 2. The van der Waals surface area contributed by atoms with E-state index in [1.54, 1.807) is 19.1 Å². The fraction of sp³-hybridized carbons (Fsp3) is 0.435. The number of rotatable bonds is 6. The average Bonchev–Trinajstić information content (AvgIpc) is 3.06. The third-order valence-corrected chi connectivity index (χ3v) is 7.90. The number of fused-ring (bicyclic) bond motifs is 1. The first-order valence-electron chi connectivity index (χ1n) is 11.1. The standard InChI is InChI=1S/C23H28ClN3O5S/c1-16(25-17-6-9-21-22(14-17)32-13-5-12-31-21)23(28)26-20-15-18(7-8-19(20)24)33(29,30)27-10-3-2-4-11-27/h6-9,14-16,25H,2-5,10-13H2,1H3,(H,26,28)/t16-/m1/s1. The zero-order valence-corrected chi connectivity index (χ0v) is 20.0. The summed E-state index contributed by atoms with van der Waals surface area (Å²) in [4.78, 5) is 12.9. The molecule has 1 atom stereocenters. The maximum absolute atomic E-state index is 13.0. The quantitative estimate of drug-likeness (QED) is 0.628. The molecule has 2 aromatic carbocycles. The highest BCUT2D eigenvalue weighted by atomic mass is 35.5. The van der Waals surface area contributed by atoms with Crippen molar-refractivity contribution in [3.63, 3.8) is 0 Å². The SMILES string of the molecule is C[C@@H](Nc1ccc2c(c1)OCCCO2)C(=O)Nc1cc(S(=O)(=O)N2CCCCC2)ccc1Cl. The summed E-state index contributed by atoms with van der Waals surface area (Å²) < 4.78 is 38.8. The van der Waals surface area contributed by atoms with E-state index in [1.807, 2.05) is 6.07 Å². The molecule has 1 fully saturated rings. The summed E-state index contributed by atoms with van der Waals surface area (Å²) in [6.07, 6.45) is 3.53. The van der Waals surface area contributed by atoms with Gasteiger partial charge in [-0.2, -0.15) is 4.31 Å². The highest BCUT2D eigenvalue weighted by Crippen LogP contribution is 2.33. The molecule has 2 heterocycles. The van der Waals surface area contributed by atoms with Crippen LogP contribution in [0.1, 0.15) is 32.6 Å². The zero-order chi connectivity index (χ0) is 23.4. The number of piperidine rings is 1. The van der Waals surface area contributed by atoms with Gasteiger partial charge in [0.1, 0.15) is 6.04 Å². The van der Waals surface area contributed by atoms with Gasteiger partial charge in [0.15, 0.2) is 11.5 Å². The Hall–Kier alpha value is -2.49. The van der Waals surface area contributed by atoms with E-state index in [2.05, 4.69) is 10.6 Å². The van der Waals surface area contributed by atoms with Gasteiger partial charge in [-0.15, -0.1) is 0 Å². The van der Waals surface area contributed by atoms with Crippen LogP contribution in [0.25, 0.3) is 0 Å². The summed E-state index contributed by atoms with van der Waals surface area (Å²) in [7, 11) is -3.64. The molecule has 2 aliphatic heterocycles. The minimum atomic E-state index is -3.64. The van der Waals surface area contributed by atoms with E-state index in [0.717, 1.165) is 25.7 Å². The van der Waals surface area contributed by atoms with Crippen LogP contribution >= 0.6 is 11.6 Å². The summed E-state index contributed by atoms with van der Waals surface area (Å²) in [5.41, 5.74) is 0.960. The van der Waals surface area contributed by atoms with Crippen molar-refractivity contribution in [2.45, 2.75) is 43.5 Å². The van der Waals surface area contributed by atoms with Gasteiger partial charge in [-0.05, 0) is 50.1 Å². The Morgan fingerprint density at radius 3 is 2.48 bits per heavy atom. The number of carbonyl (C=O) groups is 1. The Morgan fingerprint density at radius 1 is 1.00 bits per heavy atom. The number of hydrogen-bond acceptors (Lipinski definition) is 6. The molecule has 8 nitrogen and oxygen atoms in total. The molecule has 1 amide bonds. The molecule has 33 heavy (non-hydrogen) atoms. The van der Waals surface area contributed by atoms with Gasteiger partial charge in [0.2, 0.25) is 15.9 Å². The summed E-state index contributed by atoms with van der Waals surface area (Å²) in [5, 5.41) is 6.14. The zero-order valence-electron chi connectivity index (χ0n) is 18.5. The molecule has 0 radical (unpaired) electrons. The number of carbonyl (C=O) groups excluding carboxylic acids is 1. The maximum Gasteiger partial charge on any atom is 0.246 e. The molecule has 2 aliphatic rings. The molecule has 2 N–H and O–H groups in total. The van der Waals surface area contributed by atoms with Gasteiger partial charge in [-0.3, -0.25) is 4.79 Å². The van der Waals surface area contributed by atoms with E-state index in [0.29, 0.717) is 43.5 Å². The van der Waals surface area contributed by atoms with E-state index >= 15 is 0 Å². The lowest BCUT2D eigenvalue weighted by atomic mass is 10.2. The predicted molar refractivity (Wildman–Crippen MR) is 128 cm³/mol. The summed E-state index contributed by atoms with van der Waals surface area (Å²) in [5.74, 6) is 0.953. The van der Waals surface area contributed by atoms with Crippen LogP contribution in [0.15, 0.2) is 41.3 Å². The second-order valence-corrected chi connectivity index (χ2v) is 10.5. The first-order chi connectivity index (χ1) is 15.8. The summed E-state index contributed by atoms with van der Waals surface area (Å²) in [6.45, 7) is 3.89. The molecule has 0 spiro atoms. The van der Waals surface area contributed by atoms with Crippen molar-refractivity contribution in [2.24, 2.45) is 0 Å². The lowest BCUT2D eigenvalue weighted by Crippen LogP contribution is -2.35. The highest BCUT2D eigenvalue weighted by Gasteiger charge is 2.27.